The van der Waals surface area contributed by atoms with Gasteiger partial charge in [0.05, 0.1) is 13.2 Å². The monoisotopic (exact) mass is 472 g/mol. The Kier molecular flexibility index (Phi) is 7.77. The van der Waals surface area contributed by atoms with Crippen LogP contribution >= 0.6 is 0 Å². The zero-order valence-electron chi connectivity index (χ0n) is 20.5. The van der Waals surface area contributed by atoms with Gasteiger partial charge in [0.25, 0.3) is 5.91 Å². The highest BCUT2D eigenvalue weighted by atomic mass is 16.7. The molecule has 1 aliphatic heterocycles. The SMILES string of the molecule is C[C@@H](NC1CCCC(c2ccc(C(=O)NOCC3CCOC3)cc2)C1)c1cccc2ccccc12. The molecule has 0 bridgehead atoms. The number of ether oxygens (including phenoxy) is 1. The van der Waals surface area contributed by atoms with E-state index in [-0.39, 0.29) is 5.91 Å². The first-order chi connectivity index (χ1) is 17.2. The molecule has 4 atom stereocenters. The topological polar surface area (TPSA) is 59.6 Å². The summed E-state index contributed by atoms with van der Waals surface area (Å²) in [7, 11) is 0. The summed E-state index contributed by atoms with van der Waals surface area (Å²) in [5.74, 6) is 0.688. The predicted molar refractivity (Wildman–Crippen MR) is 139 cm³/mol. The summed E-state index contributed by atoms with van der Waals surface area (Å²) < 4.78 is 5.34. The highest BCUT2D eigenvalue weighted by molar-refractivity contribution is 5.93. The Labute approximate surface area is 208 Å². The van der Waals surface area contributed by atoms with E-state index in [0.29, 0.717) is 42.7 Å². The Hall–Kier alpha value is -2.73. The molecule has 5 rings (SSSR count). The molecule has 1 heterocycles. The molecule has 0 radical (unpaired) electrons. The lowest BCUT2D eigenvalue weighted by Gasteiger charge is -2.32. The van der Waals surface area contributed by atoms with Crippen LogP contribution in [0.15, 0.2) is 66.7 Å². The second-order valence-corrected chi connectivity index (χ2v) is 10.1. The molecule has 2 aliphatic rings. The summed E-state index contributed by atoms with van der Waals surface area (Å²) in [4.78, 5) is 17.8. The van der Waals surface area contributed by atoms with Crippen molar-refractivity contribution < 1.29 is 14.4 Å². The number of fused-ring (bicyclic) bond motifs is 1. The van der Waals surface area contributed by atoms with Gasteiger partial charge in [-0.25, -0.2) is 5.48 Å². The minimum Gasteiger partial charge on any atom is -0.381 e. The maximum Gasteiger partial charge on any atom is 0.274 e. The average Bonchev–Trinajstić information content (AvgIpc) is 3.42. The first-order valence-corrected chi connectivity index (χ1v) is 13.0. The summed E-state index contributed by atoms with van der Waals surface area (Å²) in [6, 6.07) is 24.1. The average molecular weight is 473 g/mol. The first-order valence-electron chi connectivity index (χ1n) is 13.0. The normalized spacial score (nSPS) is 23.3. The summed E-state index contributed by atoms with van der Waals surface area (Å²) >= 11 is 0. The summed E-state index contributed by atoms with van der Waals surface area (Å²) in [6.45, 7) is 4.27. The lowest BCUT2D eigenvalue weighted by molar-refractivity contribution is 0.0145. The second kappa shape index (κ2) is 11.3. The number of nitrogens with one attached hydrogen (secondary N) is 2. The number of rotatable bonds is 8. The maximum atomic E-state index is 12.4. The molecule has 0 aromatic heterocycles. The van der Waals surface area contributed by atoms with E-state index in [1.165, 1.54) is 41.2 Å². The first kappa shape index (κ1) is 24.0. The lowest BCUT2D eigenvalue weighted by atomic mass is 9.80. The third-order valence-corrected chi connectivity index (χ3v) is 7.60. The predicted octanol–water partition coefficient (Wildman–Crippen LogP) is 5.91. The van der Waals surface area contributed by atoms with E-state index in [9.17, 15) is 4.79 Å². The van der Waals surface area contributed by atoms with Crippen LogP contribution in [-0.2, 0) is 9.57 Å². The Bertz CT molecular complexity index is 1120. The van der Waals surface area contributed by atoms with Crippen LogP contribution in [-0.4, -0.2) is 31.8 Å². The van der Waals surface area contributed by atoms with Crippen molar-refractivity contribution in [3.63, 3.8) is 0 Å². The van der Waals surface area contributed by atoms with Gasteiger partial charge in [-0.3, -0.25) is 9.63 Å². The number of amides is 1. The lowest BCUT2D eigenvalue weighted by Crippen LogP contribution is -2.35. The van der Waals surface area contributed by atoms with E-state index in [4.69, 9.17) is 9.57 Å². The molecule has 3 unspecified atom stereocenters. The summed E-state index contributed by atoms with van der Waals surface area (Å²) in [6.07, 6.45) is 5.72. The van der Waals surface area contributed by atoms with Crippen molar-refractivity contribution >= 4 is 16.7 Å². The van der Waals surface area contributed by atoms with Crippen molar-refractivity contribution in [2.24, 2.45) is 5.92 Å². The molecule has 3 aromatic rings. The van der Waals surface area contributed by atoms with Crippen molar-refractivity contribution in [3.05, 3.63) is 83.4 Å². The molecule has 184 valence electrons. The Morgan fingerprint density at radius 1 is 1.03 bits per heavy atom. The zero-order valence-corrected chi connectivity index (χ0v) is 20.5. The van der Waals surface area contributed by atoms with Crippen LogP contribution in [0.5, 0.6) is 0 Å². The minimum absolute atomic E-state index is 0.192. The maximum absolute atomic E-state index is 12.4. The van der Waals surface area contributed by atoms with Gasteiger partial charge in [-0.15, -0.1) is 0 Å². The van der Waals surface area contributed by atoms with E-state index in [2.05, 4.69) is 72.3 Å². The van der Waals surface area contributed by atoms with Crippen molar-refractivity contribution in [2.45, 2.75) is 57.0 Å². The second-order valence-electron chi connectivity index (χ2n) is 10.1. The van der Waals surface area contributed by atoms with Gasteiger partial charge < -0.3 is 10.1 Å². The third-order valence-electron chi connectivity index (χ3n) is 7.60. The fraction of sp³-hybridized carbons (Fsp3) is 0.433. The standard InChI is InChI=1S/C30H36N2O3/c1-21(28-11-5-7-24-6-2-3-10-29(24)28)31-27-9-4-8-26(18-27)23-12-14-25(15-13-23)30(33)32-35-20-22-16-17-34-19-22/h2-3,5-7,10-15,21-22,26-27,31H,4,8-9,16-20H2,1H3,(H,32,33)/t21-,22?,26?,27?/m1/s1. The van der Waals surface area contributed by atoms with Gasteiger partial charge >= 0.3 is 0 Å². The van der Waals surface area contributed by atoms with Crippen molar-refractivity contribution in [1.82, 2.24) is 10.8 Å². The fourth-order valence-electron chi connectivity index (χ4n) is 5.62. The van der Waals surface area contributed by atoms with Gasteiger partial charge in [0, 0.05) is 30.2 Å². The number of benzene rings is 3. The molecule has 0 spiro atoms. The van der Waals surface area contributed by atoms with Gasteiger partial charge in [0.1, 0.15) is 0 Å². The molecule has 5 nitrogen and oxygen atoms in total. The zero-order chi connectivity index (χ0) is 24.0. The molecule has 5 heteroatoms. The third kappa shape index (κ3) is 5.92. The van der Waals surface area contributed by atoms with Crippen molar-refractivity contribution in [3.8, 4) is 0 Å². The molecule has 1 aliphatic carbocycles. The smallest absolute Gasteiger partial charge is 0.274 e. The van der Waals surface area contributed by atoms with Crippen LogP contribution in [0.2, 0.25) is 0 Å². The molecule has 1 amide bonds. The summed E-state index contributed by atoms with van der Waals surface area (Å²) in [5.41, 5.74) is 5.89. The highest BCUT2D eigenvalue weighted by Gasteiger charge is 2.25. The van der Waals surface area contributed by atoms with Crippen molar-refractivity contribution in [1.29, 1.82) is 0 Å². The van der Waals surface area contributed by atoms with Crippen LogP contribution in [0.3, 0.4) is 0 Å². The molecule has 3 aromatic carbocycles. The molecular formula is C30H36N2O3. The molecule has 35 heavy (non-hydrogen) atoms. The summed E-state index contributed by atoms with van der Waals surface area (Å²) in [5, 5.41) is 6.54. The Morgan fingerprint density at radius 3 is 2.69 bits per heavy atom. The Morgan fingerprint density at radius 2 is 1.86 bits per heavy atom. The number of carbonyl (C=O) groups is 1. The highest BCUT2D eigenvalue weighted by Crippen LogP contribution is 2.34. The van der Waals surface area contributed by atoms with Crippen LogP contribution in [0.25, 0.3) is 10.8 Å². The van der Waals surface area contributed by atoms with Gasteiger partial charge in [0.15, 0.2) is 0 Å². The van der Waals surface area contributed by atoms with Gasteiger partial charge in [-0.05, 0) is 72.6 Å². The van der Waals surface area contributed by atoms with Gasteiger partial charge in [0.2, 0.25) is 0 Å². The van der Waals surface area contributed by atoms with E-state index < -0.39 is 0 Å². The van der Waals surface area contributed by atoms with E-state index in [1.54, 1.807) is 0 Å². The number of carbonyl (C=O) groups excluding carboxylic acids is 1. The van der Waals surface area contributed by atoms with E-state index in [0.717, 1.165) is 19.4 Å². The van der Waals surface area contributed by atoms with Gasteiger partial charge in [-0.1, -0.05) is 61.0 Å². The largest absolute Gasteiger partial charge is 0.381 e. The molecule has 2 fully saturated rings. The van der Waals surface area contributed by atoms with E-state index >= 15 is 0 Å². The molecular weight excluding hydrogens is 436 g/mol. The van der Waals surface area contributed by atoms with Crippen LogP contribution in [0.1, 0.15) is 72.5 Å². The number of hydrogen-bond acceptors (Lipinski definition) is 4. The van der Waals surface area contributed by atoms with E-state index in [1.807, 2.05) is 12.1 Å². The fourth-order valence-corrected chi connectivity index (χ4v) is 5.62. The Balaban J connectivity index is 1.16. The number of hydrogen-bond donors (Lipinski definition) is 2. The van der Waals surface area contributed by atoms with Crippen molar-refractivity contribution in [2.75, 3.05) is 19.8 Å². The van der Waals surface area contributed by atoms with Crippen LogP contribution < -0.4 is 10.8 Å². The number of hydroxylamine groups is 1. The quantitative estimate of drug-likeness (QED) is 0.400. The molecule has 2 N–H and O–H groups in total. The van der Waals surface area contributed by atoms with Gasteiger partial charge in [-0.2, -0.15) is 0 Å². The molecule has 1 saturated carbocycles. The minimum atomic E-state index is -0.192. The molecule has 1 saturated heterocycles. The van der Waals surface area contributed by atoms with Crippen LogP contribution in [0, 0.1) is 5.92 Å². The van der Waals surface area contributed by atoms with Crippen LogP contribution in [0.4, 0.5) is 0 Å².